The van der Waals surface area contributed by atoms with Gasteiger partial charge in [-0.25, -0.2) is 0 Å². The Labute approximate surface area is 51.3 Å². The van der Waals surface area contributed by atoms with Crippen LogP contribution in [-0.2, 0) is 0 Å². The third-order valence-electron chi connectivity index (χ3n) is 1.66. The van der Waals surface area contributed by atoms with Gasteiger partial charge in [-0.1, -0.05) is 0 Å². The van der Waals surface area contributed by atoms with Gasteiger partial charge in [-0.2, -0.15) is 0 Å². The average molecular weight is 107 g/mol. The molecule has 1 fully saturated rings. The molecule has 0 radical (unpaired) electrons. The maximum atomic E-state index is 5.22. The molecule has 42 valence electrons. The summed E-state index contributed by atoms with van der Waals surface area (Å²) in [4.78, 5) is 0. The zero-order chi connectivity index (χ0) is 5.82. The third-order valence-corrected chi connectivity index (χ3v) is 1.66. The second-order valence-electron chi connectivity index (χ2n) is 2.31. The first-order chi connectivity index (χ1) is 3.93. The second-order valence-corrected chi connectivity index (χ2v) is 2.31. The minimum Gasteiger partial charge on any atom is -0.0492 e. The molecule has 0 N–H and O–H groups in total. The van der Waals surface area contributed by atoms with Crippen LogP contribution in [0.25, 0.3) is 0 Å². The Bertz CT molecular complexity index is 91.1. The average Bonchev–Trinajstić information content (AvgIpc) is 1.90. The SMILES string of the molecule is C#C[C+]1CCCCC1. The predicted octanol–water partition coefficient (Wildman–Crippen LogP) is 2.16. The molecule has 1 aliphatic carbocycles. The molecule has 0 nitrogen and oxygen atoms in total. The van der Waals surface area contributed by atoms with Crippen LogP contribution in [0.4, 0.5) is 0 Å². The van der Waals surface area contributed by atoms with Crippen molar-refractivity contribution in [1.29, 1.82) is 0 Å². The van der Waals surface area contributed by atoms with Crippen LogP contribution < -0.4 is 0 Å². The fourth-order valence-corrected chi connectivity index (χ4v) is 1.12. The summed E-state index contributed by atoms with van der Waals surface area (Å²) < 4.78 is 0. The van der Waals surface area contributed by atoms with Crippen molar-refractivity contribution in [2.75, 3.05) is 0 Å². The van der Waals surface area contributed by atoms with Crippen LogP contribution >= 0.6 is 0 Å². The first kappa shape index (κ1) is 5.56. The molecular formula is C8H11+. The fraction of sp³-hybridized carbons (Fsp3) is 0.625. The molecule has 1 rings (SSSR count). The zero-order valence-corrected chi connectivity index (χ0v) is 5.11. The summed E-state index contributed by atoms with van der Waals surface area (Å²) in [5.74, 6) is 4.05. The number of rotatable bonds is 0. The Morgan fingerprint density at radius 2 is 1.75 bits per heavy atom. The van der Waals surface area contributed by atoms with Crippen molar-refractivity contribution in [1.82, 2.24) is 0 Å². The molecule has 0 aromatic rings. The summed E-state index contributed by atoms with van der Waals surface area (Å²) in [6, 6.07) is 0. The summed E-state index contributed by atoms with van der Waals surface area (Å²) >= 11 is 0. The van der Waals surface area contributed by atoms with Crippen molar-refractivity contribution in [3.8, 4) is 12.3 Å². The topological polar surface area (TPSA) is 0 Å². The molecule has 0 aliphatic heterocycles. The summed E-state index contributed by atoms with van der Waals surface area (Å²) in [6.07, 6.45) is 11.6. The van der Waals surface area contributed by atoms with Gasteiger partial charge in [-0.05, 0) is 19.3 Å². The van der Waals surface area contributed by atoms with Gasteiger partial charge < -0.3 is 0 Å². The first-order valence-corrected chi connectivity index (χ1v) is 3.25. The molecule has 0 atom stereocenters. The number of hydrogen-bond acceptors (Lipinski definition) is 0. The van der Waals surface area contributed by atoms with Crippen LogP contribution in [0.1, 0.15) is 32.1 Å². The van der Waals surface area contributed by atoms with Crippen molar-refractivity contribution in [2.24, 2.45) is 0 Å². The number of terminal acetylenes is 1. The molecule has 0 aromatic heterocycles. The first-order valence-electron chi connectivity index (χ1n) is 3.25. The Kier molecular flexibility index (Phi) is 1.86. The van der Waals surface area contributed by atoms with Crippen molar-refractivity contribution < 1.29 is 0 Å². The van der Waals surface area contributed by atoms with Crippen LogP contribution in [0.2, 0.25) is 0 Å². The maximum Gasteiger partial charge on any atom is 0.138 e. The third kappa shape index (κ3) is 1.20. The van der Waals surface area contributed by atoms with Gasteiger partial charge in [0.1, 0.15) is 18.3 Å². The monoisotopic (exact) mass is 107 g/mol. The quantitative estimate of drug-likeness (QED) is 0.328. The Hall–Kier alpha value is -0.570. The van der Waals surface area contributed by atoms with Gasteiger partial charge in [-0.15, -0.1) is 0 Å². The van der Waals surface area contributed by atoms with Gasteiger partial charge in [0.15, 0.2) is 0 Å². The highest BCUT2D eigenvalue weighted by Crippen LogP contribution is 2.23. The van der Waals surface area contributed by atoms with Crippen molar-refractivity contribution in [3.63, 3.8) is 0 Å². The van der Waals surface area contributed by atoms with E-state index in [2.05, 4.69) is 5.92 Å². The van der Waals surface area contributed by atoms with Crippen LogP contribution in [0.5, 0.6) is 0 Å². The van der Waals surface area contributed by atoms with Crippen LogP contribution in [0, 0.1) is 18.3 Å². The van der Waals surface area contributed by atoms with Crippen LogP contribution in [-0.4, -0.2) is 0 Å². The summed E-state index contributed by atoms with van der Waals surface area (Å²) in [5, 5.41) is 0. The summed E-state index contributed by atoms with van der Waals surface area (Å²) in [6.45, 7) is 0. The smallest absolute Gasteiger partial charge is 0.0492 e. The van der Waals surface area contributed by atoms with Crippen LogP contribution in [0.3, 0.4) is 0 Å². The second kappa shape index (κ2) is 2.67. The molecule has 0 amide bonds. The summed E-state index contributed by atoms with van der Waals surface area (Å²) in [7, 11) is 0. The molecule has 8 heavy (non-hydrogen) atoms. The van der Waals surface area contributed by atoms with E-state index in [-0.39, 0.29) is 0 Å². The van der Waals surface area contributed by atoms with Gasteiger partial charge in [0.25, 0.3) is 0 Å². The molecule has 1 saturated carbocycles. The van der Waals surface area contributed by atoms with Gasteiger partial charge >= 0.3 is 0 Å². The fourth-order valence-electron chi connectivity index (χ4n) is 1.12. The lowest BCUT2D eigenvalue weighted by Crippen LogP contribution is -1.99. The minimum atomic E-state index is 1.19. The van der Waals surface area contributed by atoms with Gasteiger partial charge in [0.2, 0.25) is 0 Å². The van der Waals surface area contributed by atoms with Crippen molar-refractivity contribution in [3.05, 3.63) is 5.92 Å². The van der Waals surface area contributed by atoms with Gasteiger partial charge in [0, 0.05) is 12.8 Å². The van der Waals surface area contributed by atoms with E-state index in [1.807, 2.05) is 0 Å². The normalized spacial score (nSPS) is 20.1. The Morgan fingerprint density at radius 3 is 2.12 bits per heavy atom. The maximum absolute atomic E-state index is 5.22. The molecule has 0 heteroatoms. The van der Waals surface area contributed by atoms with Gasteiger partial charge in [-0.3, -0.25) is 0 Å². The van der Waals surface area contributed by atoms with E-state index >= 15 is 0 Å². The standard InChI is InChI=1S/C8H11/c1-2-8-6-4-3-5-7-8/h1H,3-7H2/q+1. The molecule has 0 unspecified atom stereocenters. The van der Waals surface area contributed by atoms with E-state index in [0.717, 1.165) is 0 Å². The summed E-state index contributed by atoms with van der Waals surface area (Å²) in [5.41, 5.74) is 0. The predicted molar refractivity (Wildman–Crippen MR) is 35.2 cm³/mol. The van der Waals surface area contributed by atoms with Crippen LogP contribution in [0.15, 0.2) is 0 Å². The highest BCUT2D eigenvalue weighted by atomic mass is 14.1. The molecule has 1 aliphatic rings. The van der Waals surface area contributed by atoms with E-state index in [9.17, 15) is 0 Å². The largest absolute Gasteiger partial charge is 0.138 e. The van der Waals surface area contributed by atoms with E-state index in [1.165, 1.54) is 38.0 Å². The molecule has 0 aromatic carbocycles. The Balaban J connectivity index is 2.25. The number of hydrogen-bond donors (Lipinski definition) is 0. The molecular weight excluding hydrogens is 96.1 g/mol. The molecule has 0 saturated heterocycles. The lowest BCUT2D eigenvalue weighted by Gasteiger charge is -2.08. The van der Waals surface area contributed by atoms with E-state index in [4.69, 9.17) is 6.42 Å². The molecule has 0 bridgehead atoms. The van der Waals surface area contributed by atoms with E-state index < -0.39 is 0 Å². The zero-order valence-electron chi connectivity index (χ0n) is 5.11. The highest BCUT2D eigenvalue weighted by molar-refractivity contribution is 5.17. The minimum absolute atomic E-state index is 1.19. The lowest BCUT2D eigenvalue weighted by atomic mass is 9.90. The van der Waals surface area contributed by atoms with E-state index in [1.54, 1.807) is 0 Å². The highest BCUT2D eigenvalue weighted by Gasteiger charge is 2.16. The van der Waals surface area contributed by atoms with Gasteiger partial charge in [0.05, 0.1) is 0 Å². The van der Waals surface area contributed by atoms with E-state index in [0.29, 0.717) is 0 Å². The molecule has 0 spiro atoms. The Morgan fingerprint density at radius 1 is 1.12 bits per heavy atom. The van der Waals surface area contributed by atoms with Crippen molar-refractivity contribution in [2.45, 2.75) is 32.1 Å². The molecule has 0 heterocycles. The lowest BCUT2D eigenvalue weighted by molar-refractivity contribution is 0.563. The van der Waals surface area contributed by atoms with Crippen molar-refractivity contribution >= 4 is 0 Å².